The quantitative estimate of drug-likeness (QED) is 0.643. The van der Waals surface area contributed by atoms with Gasteiger partial charge in [0.1, 0.15) is 23.0 Å². The van der Waals surface area contributed by atoms with Crippen molar-refractivity contribution in [1.29, 1.82) is 5.26 Å². The third-order valence-electron chi connectivity index (χ3n) is 1.69. The lowest BCUT2D eigenvalue weighted by atomic mass is 10.2. The number of amides is 1. The second kappa shape index (κ2) is 4.27. The first kappa shape index (κ1) is 11.5. The van der Waals surface area contributed by atoms with Gasteiger partial charge in [-0.15, -0.1) is 0 Å². The van der Waals surface area contributed by atoms with Crippen LogP contribution in [0.5, 0.6) is 0 Å². The predicted octanol–water partition coefficient (Wildman–Crippen LogP) is -0.0968. The third-order valence-corrected chi connectivity index (χ3v) is 1.69. The molecule has 1 heterocycles. The fourth-order valence-electron chi connectivity index (χ4n) is 1.06. The Morgan fingerprint density at radius 1 is 1.56 bits per heavy atom. The summed E-state index contributed by atoms with van der Waals surface area (Å²) in [6.07, 6.45) is 0. The molecule has 82 valence electrons. The minimum atomic E-state index is -1.35. The average molecular weight is 221 g/mol. The second-order valence-electron chi connectivity index (χ2n) is 2.90. The number of aromatic carboxylic acids is 1. The zero-order chi connectivity index (χ0) is 12.3. The van der Waals surface area contributed by atoms with Crippen LogP contribution in [0, 0.1) is 11.3 Å². The number of carbonyl (C=O) groups excluding carboxylic acids is 1. The van der Waals surface area contributed by atoms with E-state index in [0.717, 1.165) is 6.07 Å². The molecule has 0 aromatic carbocycles. The number of carboxylic acid groups (broad SMARTS) is 1. The molecular weight excluding hydrogens is 214 g/mol. The number of rotatable bonds is 2. The van der Waals surface area contributed by atoms with Crippen molar-refractivity contribution < 1.29 is 14.7 Å². The van der Waals surface area contributed by atoms with Crippen molar-refractivity contribution in [1.82, 2.24) is 4.98 Å². The number of H-pyrrole nitrogens is 1. The highest BCUT2D eigenvalue weighted by Gasteiger charge is 2.15. The van der Waals surface area contributed by atoms with Gasteiger partial charge in [0.25, 0.3) is 5.56 Å². The molecule has 1 rings (SSSR count). The zero-order valence-electron chi connectivity index (χ0n) is 8.20. The molecule has 0 spiro atoms. The maximum absolute atomic E-state index is 11.2. The van der Waals surface area contributed by atoms with E-state index < -0.39 is 17.4 Å². The monoisotopic (exact) mass is 221 g/mol. The van der Waals surface area contributed by atoms with Gasteiger partial charge in [-0.05, 0) is 6.07 Å². The van der Waals surface area contributed by atoms with Gasteiger partial charge in [-0.1, -0.05) is 0 Å². The Hall–Kier alpha value is -2.62. The Morgan fingerprint density at radius 3 is 2.62 bits per heavy atom. The molecule has 0 saturated carbocycles. The molecule has 0 fully saturated rings. The van der Waals surface area contributed by atoms with Crippen LogP contribution in [0.25, 0.3) is 0 Å². The highest BCUT2D eigenvalue weighted by atomic mass is 16.4. The summed E-state index contributed by atoms with van der Waals surface area (Å²) in [7, 11) is 0. The third kappa shape index (κ3) is 2.24. The van der Waals surface area contributed by atoms with E-state index in [-0.39, 0.29) is 16.9 Å². The van der Waals surface area contributed by atoms with Crippen LogP contribution in [0.15, 0.2) is 10.9 Å². The highest BCUT2D eigenvalue weighted by molar-refractivity contribution is 5.98. The van der Waals surface area contributed by atoms with E-state index >= 15 is 0 Å². The first-order valence-electron chi connectivity index (χ1n) is 4.14. The van der Waals surface area contributed by atoms with Crippen LogP contribution in [-0.2, 0) is 4.79 Å². The second-order valence-corrected chi connectivity index (χ2v) is 2.90. The summed E-state index contributed by atoms with van der Waals surface area (Å²) in [6.45, 7) is 1.17. The molecule has 7 nitrogen and oxygen atoms in total. The number of nitrogens with one attached hydrogen (secondary N) is 2. The Morgan fingerprint density at radius 2 is 2.19 bits per heavy atom. The van der Waals surface area contributed by atoms with E-state index in [1.807, 2.05) is 0 Å². The summed E-state index contributed by atoms with van der Waals surface area (Å²) in [5.41, 5.74) is -1.42. The van der Waals surface area contributed by atoms with Gasteiger partial charge < -0.3 is 15.4 Å². The number of carbonyl (C=O) groups is 2. The molecule has 7 heteroatoms. The normalized spacial score (nSPS) is 9.25. The fourth-order valence-corrected chi connectivity index (χ4v) is 1.06. The van der Waals surface area contributed by atoms with Crippen LogP contribution < -0.4 is 10.9 Å². The van der Waals surface area contributed by atoms with Gasteiger partial charge in [-0.25, -0.2) is 4.79 Å². The van der Waals surface area contributed by atoms with Crippen LogP contribution in [0.1, 0.15) is 22.8 Å². The van der Waals surface area contributed by atoms with Crippen molar-refractivity contribution in [2.75, 3.05) is 5.32 Å². The van der Waals surface area contributed by atoms with E-state index in [4.69, 9.17) is 10.4 Å². The Kier molecular flexibility index (Phi) is 3.06. The number of hydrogen-bond donors (Lipinski definition) is 3. The van der Waals surface area contributed by atoms with Crippen molar-refractivity contribution >= 4 is 17.7 Å². The summed E-state index contributed by atoms with van der Waals surface area (Å²) in [4.78, 5) is 34.9. The highest BCUT2D eigenvalue weighted by Crippen LogP contribution is 2.11. The van der Waals surface area contributed by atoms with E-state index in [2.05, 4.69) is 10.3 Å². The number of nitriles is 1. The van der Waals surface area contributed by atoms with E-state index in [0.29, 0.717) is 0 Å². The van der Waals surface area contributed by atoms with Crippen LogP contribution in [-0.4, -0.2) is 22.0 Å². The Balaban J connectivity index is 3.43. The molecule has 0 aliphatic rings. The topological polar surface area (TPSA) is 123 Å². The van der Waals surface area contributed by atoms with Crippen molar-refractivity contribution in [3.63, 3.8) is 0 Å². The number of carboxylic acids is 1. The van der Waals surface area contributed by atoms with Gasteiger partial charge in [-0.3, -0.25) is 9.59 Å². The lowest BCUT2D eigenvalue weighted by molar-refractivity contribution is -0.114. The molecule has 1 amide bonds. The molecule has 0 saturated heterocycles. The molecule has 0 aliphatic carbocycles. The lowest BCUT2D eigenvalue weighted by Crippen LogP contribution is -2.20. The Bertz CT molecular complexity index is 553. The minimum absolute atomic E-state index is 0.232. The van der Waals surface area contributed by atoms with Crippen molar-refractivity contribution in [2.24, 2.45) is 0 Å². The van der Waals surface area contributed by atoms with Gasteiger partial charge in [0.15, 0.2) is 0 Å². The average Bonchev–Trinajstić information content (AvgIpc) is 2.16. The molecule has 16 heavy (non-hydrogen) atoms. The van der Waals surface area contributed by atoms with E-state index in [9.17, 15) is 14.4 Å². The standard InChI is InChI=1S/C9H7N3O4/c1-4(13)11-7-6(9(15)16)2-5(3-10)8(14)12-7/h2H,1H3,(H,15,16)(H2,11,12,13,14). The van der Waals surface area contributed by atoms with Crippen LogP contribution in [0.2, 0.25) is 0 Å². The smallest absolute Gasteiger partial charge is 0.339 e. The number of anilines is 1. The predicted molar refractivity (Wildman–Crippen MR) is 53.0 cm³/mol. The number of hydrogen-bond acceptors (Lipinski definition) is 4. The van der Waals surface area contributed by atoms with Gasteiger partial charge >= 0.3 is 5.97 Å². The molecule has 0 unspecified atom stereocenters. The largest absolute Gasteiger partial charge is 0.478 e. The maximum Gasteiger partial charge on any atom is 0.339 e. The first-order valence-corrected chi connectivity index (χ1v) is 4.14. The minimum Gasteiger partial charge on any atom is -0.478 e. The maximum atomic E-state index is 11.2. The molecule has 3 N–H and O–H groups in total. The van der Waals surface area contributed by atoms with Crippen molar-refractivity contribution in [2.45, 2.75) is 6.92 Å². The molecule has 0 radical (unpaired) electrons. The van der Waals surface area contributed by atoms with E-state index in [1.54, 1.807) is 6.07 Å². The molecule has 1 aromatic rings. The van der Waals surface area contributed by atoms with Crippen molar-refractivity contribution in [3.8, 4) is 6.07 Å². The van der Waals surface area contributed by atoms with E-state index in [1.165, 1.54) is 6.92 Å². The molecule has 1 aromatic heterocycles. The molecule has 0 atom stereocenters. The molecule has 0 bridgehead atoms. The molecule has 0 aliphatic heterocycles. The fraction of sp³-hybridized carbons (Fsp3) is 0.111. The van der Waals surface area contributed by atoms with Crippen LogP contribution >= 0.6 is 0 Å². The van der Waals surface area contributed by atoms with Gasteiger partial charge in [0.2, 0.25) is 5.91 Å². The van der Waals surface area contributed by atoms with Crippen molar-refractivity contribution in [3.05, 3.63) is 27.5 Å². The summed E-state index contributed by atoms with van der Waals surface area (Å²) in [5, 5.41) is 19.5. The van der Waals surface area contributed by atoms with Crippen LogP contribution in [0.4, 0.5) is 5.82 Å². The number of aromatic amines is 1. The summed E-state index contributed by atoms with van der Waals surface area (Å²) in [6, 6.07) is 2.46. The van der Waals surface area contributed by atoms with Gasteiger partial charge in [0.05, 0.1) is 0 Å². The lowest BCUT2D eigenvalue weighted by Gasteiger charge is -2.05. The summed E-state index contributed by atoms with van der Waals surface area (Å²) in [5.74, 6) is -2.11. The zero-order valence-corrected chi connectivity index (χ0v) is 8.20. The number of pyridine rings is 1. The first-order chi connectivity index (χ1) is 7.45. The SMILES string of the molecule is CC(=O)Nc1[nH]c(=O)c(C#N)cc1C(=O)O. The Labute approximate surface area is 89.3 Å². The number of aromatic nitrogens is 1. The molecular formula is C9H7N3O4. The van der Waals surface area contributed by atoms with Gasteiger partial charge in [0, 0.05) is 6.92 Å². The summed E-state index contributed by atoms with van der Waals surface area (Å²) < 4.78 is 0. The van der Waals surface area contributed by atoms with Crippen LogP contribution in [0.3, 0.4) is 0 Å². The van der Waals surface area contributed by atoms with Gasteiger partial charge in [-0.2, -0.15) is 5.26 Å². The summed E-state index contributed by atoms with van der Waals surface area (Å²) >= 11 is 0. The number of nitrogens with zero attached hydrogens (tertiary/aromatic N) is 1.